The number of para-hydroxylation sites is 2. The van der Waals surface area contributed by atoms with Gasteiger partial charge in [0.1, 0.15) is 6.61 Å². The smallest absolute Gasteiger partial charge is 0.235 e. The van der Waals surface area contributed by atoms with Gasteiger partial charge in [-0.15, -0.1) is 10.2 Å². The highest BCUT2D eigenvalue weighted by atomic mass is 32.2. The number of fused-ring (bicyclic) bond motifs is 1. The third-order valence-electron chi connectivity index (χ3n) is 5.77. The van der Waals surface area contributed by atoms with Gasteiger partial charge in [-0.25, -0.2) is 0 Å². The van der Waals surface area contributed by atoms with E-state index >= 15 is 0 Å². The standard InChI is InChI=1S/C21H28N4O3S/c1-14(20(26)24(2)15-9-5-4-6-10-15)29-21-23-22-19(25(21)3)18-13-27-16-11-7-8-12-17(16)28-18/h7-8,11-12,14-15,18H,4-6,9-10,13H2,1-3H3. The SMILES string of the molecule is CC(Sc1nnc(C2COc3ccccc3O2)n1C)C(=O)N(C)C1CCCCC1. The molecule has 2 aliphatic rings. The fraction of sp³-hybridized carbons (Fsp3) is 0.571. The Bertz CT molecular complexity index is 865. The van der Waals surface area contributed by atoms with Crippen LogP contribution in [-0.2, 0) is 11.8 Å². The Labute approximate surface area is 175 Å². The Kier molecular flexibility index (Phi) is 5.99. The molecule has 4 rings (SSSR count). The second-order valence-corrected chi connectivity index (χ2v) is 9.07. The summed E-state index contributed by atoms with van der Waals surface area (Å²) in [6, 6.07) is 7.97. The molecule has 0 N–H and O–H groups in total. The zero-order valence-corrected chi connectivity index (χ0v) is 18.0. The Hall–Kier alpha value is -2.22. The summed E-state index contributed by atoms with van der Waals surface area (Å²) < 4.78 is 13.7. The fourth-order valence-electron chi connectivity index (χ4n) is 4.00. The first kappa shape index (κ1) is 20.1. The summed E-state index contributed by atoms with van der Waals surface area (Å²) in [6.07, 6.45) is 5.59. The zero-order valence-electron chi connectivity index (χ0n) is 17.2. The number of benzene rings is 1. The summed E-state index contributed by atoms with van der Waals surface area (Å²) in [6.45, 7) is 2.32. The van der Waals surface area contributed by atoms with Gasteiger partial charge < -0.3 is 18.9 Å². The topological polar surface area (TPSA) is 69.5 Å². The van der Waals surface area contributed by atoms with Gasteiger partial charge in [0.05, 0.1) is 5.25 Å². The monoisotopic (exact) mass is 416 g/mol. The van der Waals surface area contributed by atoms with Crippen molar-refractivity contribution in [1.82, 2.24) is 19.7 Å². The third kappa shape index (κ3) is 4.22. The van der Waals surface area contributed by atoms with Crippen LogP contribution in [-0.4, -0.2) is 50.5 Å². The van der Waals surface area contributed by atoms with Gasteiger partial charge in [-0.3, -0.25) is 4.79 Å². The molecule has 1 amide bonds. The third-order valence-corrected chi connectivity index (χ3v) is 6.89. The first-order chi connectivity index (χ1) is 14.0. The van der Waals surface area contributed by atoms with Crippen LogP contribution >= 0.6 is 11.8 Å². The van der Waals surface area contributed by atoms with Crippen molar-refractivity contribution >= 4 is 17.7 Å². The van der Waals surface area contributed by atoms with Gasteiger partial charge in [0, 0.05) is 20.1 Å². The van der Waals surface area contributed by atoms with Gasteiger partial charge in [0.25, 0.3) is 0 Å². The number of ether oxygens (including phenoxy) is 2. The fourth-order valence-corrected chi connectivity index (χ4v) is 4.92. The number of aromatic nitrogens is 3. The number of amides is 1. The molecule has 2 atom stereocenters. The maximum absolute atomic E-state index is 12.9. The van der Waals surface area contributed by atoms with E-state index in [-0.39, 0.29) is 17.3 Å². The Morgan fingerprint density at radius 1 is 1.21 bits per heavy atom. The molecule has 0 saturated heterocycles. The average Bonchev–Trinajstić information content (AvgIpc) is 3.13. The molecule has 1 aromatic carbocycles. The zero-order chi connectivity index (χ0) is 20.4. The minimum absolute atomic E-state index is 0.151. The Morgan fingerprint density at radius 2 is 1.93 bits per heavy atom. The predicted molar refractivity (Wildman–Crippen MR) is 111 cm³/mol. The van der Waals surface area contributed by atoms with Crippen molar-refractivity contribution in [2.45, 2.75) is 61.6 Å². The molecule has 2 heterocycles. The number of rotatable bonds is 5. The van der Waals surface area contributed by atoms with Gasteiger partial charge in [0.15, 0.2) is 28.6 Å². The number of carbonyl (C=O) groups excluding carboxylic acids is 1. The van der Waals surface area contributed by atoms with E-state index in [0.29, 0.717) is 29.4 Å². The highest BCUT2D eigenvalue weighted by Crippen LogP contribution is 2.36. The maximum Gasteiger partial charge on any atom is 0.235 e. The summed E-state index contributed by atoms with van der Waals surface area (Å²) in [7, 11) is 3.84. The molecule has 156 valence electrons. The number of hydrogen-bond donors (Lipinski definition) is 0. The van der Waals surface area contributed by atoms with Gasteiger partial charge in [0.2, 0.25) is 5.91 Å². The molecule has 1 aromatic heterocycles. The lowest BCUT2D eigenvalue weighted by Crippen LogP contribution is -2.42. The van der Waals surface area contributed by atoms with Crippen molar-refractivity contribution < 1.29 is 14.3 Å². The molecule has 0 radical (unpaired) electrons. The van der Waals surface area contributed by atoms with Crippen molar-refractivity contribution in [3.8, 4) is 11.5 Å². The van der Waals surface area contributed by atoms with Crippen molar-refractivity contribution in [3.05, 3.63) is 30.1 Å². The molecule has 8 heteroatoms. The molecule has 7 nitrogen and oxygen atoms in total. The lowest BCUT2D eigenvalue weighted by atomic mass is 9.94. The van der Waals surface area contributed by atoms with E-state index in [1.165, 1.54) is 31.0 Å². The summed E-state index contributed by atoms with van der Waals surface area (Å²) in [4.78, 5) is 14.8. The van der Waals surface area contributed by atoms with Crippen LogP contribution in [0.2, 0.25) is 0 Å². The summed E-state index contributed by atoms with van der Waals surface area (Å²) in [5.41, 5.74) is 0. The van der Waals surface area contributed by atoms with E-state index in [1.54, 1.807) is 0 Å². The Morgan fingerprint density at radius 3 is 2.69 bits per heavy atom. The maximum atomic E-state index is 12.9. The lowest BCUT2D eigenvalue weighted by molar-refractivity contribution is -0.131. The van der Waals surface area contributed by atoms with Crippen LogP contribution in [0, 0.1) is 0 Å². The van der Waals surface area contributed by atoms with Crippen LogP contribution < -0.4 is 9.47 Å². The van der Waals surface area contributed by atoms with E-state index in [2.05, 4.69) is 10.2 Å². The van der Waals surface area contributed by atoms with Crippen LogP contribution in [0.5, 0.6) is 11.5 Å². The molecular weight excluding hydrogens is 388 g/mol. The van der Waals surface area contributed by atoms with Crippen LogP contribution in [0.1, 0.15) is 51.0 Å². The van der Waals surface area contributed by atoms with Crippen LogP contribution in [0.4, 0.5) is 0 Å². The van der Waals surface area contributed by atoms with Gasteiger partial charge in [-0.2, -0.15) is 0 Å². The first-order valence-corrected chi connectivity index (χ1v) is 11.1. The molecule has 1 aliphatic heterocycles. The second kappa shape index (κ2) is 8.65. The summed E-state index contributed by atoms with van der Waals surface area (Å²) in [5, 5.41) is 9.12. The highest BCUT2D eigenvalue weighted by molar-refractivity contribution is 8.00. The van der Waals surface area contributed by atoms with Crippen molar-refractivity contribution in [2.75, 3.05) is 13.7 Å². The molecule has 1 fully saturated rings. The van der Waals surface area contributed by atoms with E-state index < -0.39 is 0 Å². The largest absolute Gasteiger partial charge is 0.485 e. The second-order valence-electron chi connectivity index (χ2n) is 7.77. The minimum Gasteiger partial charge on any atom is -0.485 e. The highest BCUT2D eigenvalue weighted by Gasteiger charge is 2.30. The van der Waals surface area contributed by atoms with Crippen molar-refractivity contribution in [3.63, 3.8) is 0 Å². The van der Waals surface area contributed by atoms with Crippen LogP contribution in [0.3, 0.4) is 0 Å². The number of thioether (sulfide) groups is 1. The van der Waals surface area contributed by atoms with E-state index in [9.17, 15) is 4.79 Å². The molecule has 2 unspecified atom stereocenters. The van der Waals surface area contributed by atoms with E-state index in [4.69, 9.17) is 9.47 Å². The van der Waals surface area contributed by atoms with Gasteiger partial charge in [-0.1, -0.05) is 43.2 Å². The molecule has 1 aliphatic carbocycles. The Balaban J connectivity index is 1.41. The van der Waals surface area contributed by atoms with Crippen LogP contribution in [0.15, 0.2) is 29.4 Å². The van der Waals surface area contributed by atoms with Crippen molar-refractivity contribution in [2.24, 2.45) is 7.05 Å². The summed E-state index contributed by atoms with van der Waals surface area (Å²) >= 11 is 1.44. The van der Waals surface area contributed by atoms with E-state index in [0.717, 1.165) is 18.6 Å². The number of nitrogens with zero attached hydrogens (tertiary/aromatic N) is 4. The quantitative estimate of drug-likeness (QED) is 0.694. The lowest BCUT2D eigenvalue weighted by Gasteiger charge is -2.32. The number of carbonyl (C=O) groups is 1. The molecule has 2 aromatic rings. The molecule has 1 saturated carbocycles. The number of hydrogen-bond acceptors (Lipinski definition) is 6. The van der Waals surface area contributed by atoms with E-state index in [1.807, 2.05) is 54.8 Å². The molecule has 0 spiro atoms. The minimum atomic E-state index is -0.326. The summed E-state index contributed by atoms with van der Waals surface area (Å²) in [5.74, 6) is 2.30. The van der Waals surface area contributed by atoms with Crippen LogP contribution in [0.25, 0.3) is 0 Å². The van der Waals surface area contributed by atoms with Gasteiger partial charge in [-0.05, 0) is 31.9 Å². The predicted octanol–water partition coefficient (Wildman–Crippen LogP) is 3.60. The average molecular weight is 417 g/mol. The normalized spacial score (nSPS) is 20.3. The molecular formula is C21H28N4O3S. The molecule has 29 heavy (non-hydrogen) atoms. The van der Waals surface area contributed by atoms with Crippen molar-refractivity contribution in [1.29, 1.82) is 0 Å². The first-order valence-electron chi connectivity index (χ1n) is 10.3. The van der Waals surface area contributed by atoms with Gasteiger partial charge >= 0.3 is 0 Å². The molecule has 0 bridgehead atoms.